The van der Waals surface area contributed by atoms with Crippen molar-refractivity contribution in [2.75, 3.05) is 13.6 Å². The van der Waals surface area contributed by atoms with Gasteiger partial charge in [0.2, 0.25) is 5.91 Å². The van der Waals surface area contributed by atoms with Crippen LogP contribution < -0.4 is 0 Å². The van der Waals surface area contributed by atoms with Crippen molar-refractivity contribution in [3.05, 3.63) is 0 Å². The van der Waals surface area contributed by atoms with E-state index < -0.39 is 11.9 Å². The number of rotatable bonds is 3. The third kappa shape index (κ3) is 3.72. The first-order valence-electron chi connectivity index (χ1n) is 6.59. The van der Waals surface area contributed by atoms with Gasteiger partial charge in [-0.1, -0.05) is 27.7 Å². The van der Waals surface area contributed by atoms with Crippen LogP contribution in [0.15, 0.2) is 0 Å². The number of amides is 1. The molecule has 4 heteroatoms. The van der Waals surface area contributed by atoms with Gasteiger partial charge >= 0.3 is 5.97 Å². The van der Waals surface area contributed by atoms with Gasteiger partial charge in [-0.25, -0.2) is 0 Å². The lowest BCUT2D eigenvalue weighted by Gasteiger charge is -2.29. The number of hydrogen-bond donors (Lipinski definition) is 1. The van der Waals surface area contributed by atoms with Crippen molar-refractivity contribution in [1.29, 1.82) is 0 Å². The predicted octanol–water partition coefficient (Wildman–Crippen LogP) is 2.24. The molecule has 1 amide bonds. The Morgan fingerprint density at radius 1 is 1.22 bits per heavy atom. The Labute approximate surface area is 109 Å². The predicted molar refractivity (Wildman–Crippen MR) is 70.1 cm³/mol. The summed E-state index contributed by atoms with van der Waals surface area (Å²) in [5.41, 5.74) is 0.0351. The molecule has 0 spiro atoms. The molecule has 1 N–H and O–H groups in total. The number of carbonyl (C=O) groups is 2. The van der Waals surface area contributed by atoms with Gasteiger partial charge in [-0.15, -0.1) is 0 Å². The largest absolute Gasteiger partial charge is 0.481 e. The summed E-state index contributed by atoms with van der Waals surface area (Å²) >= 11 is 0. The van der Waals surface area contributed by atoms with Crippen molar-refractivity contribution in [2.45, 2.75) is 40.5 Å². The van der Waals surface area contributed by atoms with Crippen LogP contribution in [0, 0.1) is 23.2 Å². The van der Waals surface area contributed by atoms with E-state index in [0.717, 1.165) is 0 Å². The fourth-order valence-electron chi connectivity index (χ4n) is 2.91. The maximum absolute atomic E-state index is 12.3. The zero-order valence-electron chi connectivity index (χ0n) is 12.1. The molecule has 0 aromatic heterocycles. The highest BCUT2D eigenvalue weighted by atomic mass is 16.4. The van der Waals surface area contributed by atoms with E-state index in [-0.39, 0.29) is 17.2 Å². The molecule has 1 fully saturated rings. The first-order chi connectivity index (χ1) is 8.11. The number of nitrogens with zero attached hydrogens (tertiary/aromatic N) is 1. The summed E-state index contributed by atoms with van der Waals surface area (Å²) in [4.78, 5) is 25.2. The molecule has 0 saturated heterocycles. The highest BCUT2D eigenvalue weighted by Gasteiger charge is 2.42. The lowest BCUT2D eigenvalue weighted by Crippen LogP contribution is -2.40. The van der Waals surface area contributed by atoms with Crippen LogP contribution in [-0.4, -0.2) is 35.5 Å². The summed E-state index contributed by atoms with van der Waals surface area (Å²) in [7, 11) is 1.77. The minimum atomic E-state index is -0.832. The van der Waals surface area contributed by atoms with Crippen LogP contribution in [-0.2, 0) is 9.59 Å². The molecule has 0 aromatic carbocycles. The zero-order valence-corrected chi connectivity index (χ0v) is 12.1. The highest BCUT2D eigenvalue weighted by molar-refractivity contribution is 5.85. The van der Waals surface area contributed by atoms with Gasteiger partial charge < -0.3 is 10.0 Å². The lowest BCUT2D eigenvalue weighted by atomic mass is 9.92. The average Bonchev–Trinajstić information content (AvgIpc) is 2.56. The third-order valence-electron chi connectivity index (χ3n) is 3.52. The Kier molecular flexibility index (Phi) is 4.41. The Morgan fingerprint density at radius 3 is 2.17 bits per heavy atom. The van der Waals surface area contributed by atoms with Crippen LogP contribution in [0.3, 0.4) is 0 Å². The molecule has 1 unspecified atom stereocenters. The minimum absolute atomic E-state index is 0.0123. The van der Waals surface area contributed by atoms with Crippen LogP contribution in [0.25, 0.3) is 0 Å². The summed E-state index contributed by atoms with van der Waals surface area (Å²) in [5.74, 6) is -1.37. The van der Waals surface area contributed by atoms with E-state index in [1.54, 1.807) is 11.9 Å². The molecule has 0 aliphatic heterocycles. The van der Waals surface area contributed by atoms with E-state index in [9.17, 15) is 14.7 Å². The fourth-order valence-corrected chi connectivity index (χ4v) is 2.91. The van der Waals surface area contributed by atoms with Crippen LogP contribution in [0.4, 0.5) is 0 Å². The van der Waals surface area contributed by atoms with Crippen LogP contribution in [0.1, 0.15) is 40.5 Å². The summed E-state index contributed by atoms with van der Waals surface area (Å²) in [6.07, 6.45) is 1.32. The second kappa shape index (κ2) is 5.29. The van der Waals surface area contributed by atoms with Gasteiger partial charge in [-0.2, -0.15) is 0 Å². The summed E-state index contributed by atoms with van der Waals surface area (Å²) in [6, 6.07) is 0. The maximum Gasteiger partial charge on any atom is 0.307 e. The molecule has 1 aliphatic rings. The SMILES string of the molecule is CC1C[C@H](C(=O)N(C)CC(C)(C)C)[C@H](C(=O)O)C1. The zero-order chi connectivity index (χ0) is 14.1. The lowest BCUT2D eigenvalue weighted by molar-refractivity contribution is -0.149. The molecule has 1 aliphatic carbocycles. The van der Waals surface area contributed by atoms with Crippen molar-refractivity contribution >= 4 is 11.9 Å². The first kappa shape index (κ1) is 15.0. The van der Waals surface area contributed by atoms with E-state index in [0.29, 0.717) is 25.3 Å². The summed E-state index contributed by atoms with van der Waals surface area (Å²) in [6.45, 7) is 8.89. The highest BCUT2D eigenvalue weighted by Crippen LogP contribution is 2.37. The quantitative estimate of drug-likeness (QED) is 0.841. The molecule has 1 saturated carbocycles. The average molecular weight is 255 g/mol. The number of carboxylic acid groups (broad SMARTS) is 1. The number of carbonyl (C=O) groups excluding carboxylic acids is 1. The van der Waals surface area contributed by atoms with E-state index >= 15 is 0 Å². The Bertz CT molecular complexity index is 332. The van der Waals surface area contributed by atoms with E-state index in [1.165, 1.54) is 0 Å². The Hall–Kier alpha value is -1.06. The second-order valence-corrected chi connectivity index (χ2v) is 6.88. The van der Waals surface area contributed by atoms with Crippen LogP contribution >= 0.6 is 0 Å². The van der Waals surface area contributed by atoms with Gasteiger partial charge in [-0.05, 0) is 24.2 Å². The van der Waals surface area contributed by atoms with Gasteiger partial charge in [0.05, 0.1) is 11.8 Å². The number of hydrogen-bond acceptors (Lipinski definition) is 2. The van der Waals surface area contributed by atoms with Gasteiger partial charge in [0, 0.05) is 13.6 Å². The molecule has 0 heterocycles. The smallest absolute Gasteiger partial charge is 0.307 e. The molecule has 0 aromatic rings. The molecule has 18 heavy (non-hydrogen) atoms. The second-order valence-electron chi connectivity index (χ2n) is 6.88. The van der Waals surface area contributed by atoms with E-state index in [4.69, 9.17) is 0 Å². The maximum atomic E-state index is 12.3. The fraction of sp³-hybridized carbons (Fsp3) is 0.857. The molecule has 104 valence electrons. The normalized spacial score (nSPS) is 28.2. The number of aliphatic carboxylic acids is 1. The molecule has 3 atom stereocenters. The topological polar surface area (TPSA) is 57.6 Å². The van der Waals surface area contributed by atoms with Gasteiger partial charge in [0.15, 0.2) is 0 Å². The van der Waals surface area contributed by atoms with E-state index in [2.05, 4.69) is 20.8 Å². The van der Waals surface area contributed by atoms with Gasteiger partial charge in [0.1, 0.15) is 0 Å². The molecular weight excluding hydrogens is 230 g/mol. The summed E-state index contributed by atoms with van der Waals surface area (Å²) < 4.78 is 0. The standard InChI is InChI=1S/C14H25NO3/c1-9-6-10(11(7-9)13(17)18)12(16)15(5)8-14(2,3)4/h9-11H,6-8H2,1-5H3,(H,17,18)/t9?,10-,11+/m0/s1. The summed E-state index contributed by atoms with van der Waals surface area (Å²) in [5, 5.41) is 9.19. The first-order valence-corrected chi connectivity index (χ1v) is 6.59. The number of carboxylic acids is 1. The molecule has 0 bridgehead atoms. The molecule has 1 rings (SSSR count). The van der Waals surface area contributed by atoms with Gasteiger partial charge in [0.25, 0.3) is 0 Å². The van der Waals surface area contributed by atoms with Crippen molar-refractivity contribution < 1.29 is 14.7 Å². The van der Waals surface area contributed by atoms with Crippen molar-refractivity contribution in [2.24, 2.45) is 23.2 Å². The minimum Gasteiger partial charge on any atom is -0.481 e. The Morgan fingerprint density at radius 2 is 1.72 bits per heavy atom. The van der Waals surface area contributed by atoms with Crippen LogP contribution in [0.5, 0.6) is 0 Å². The van der Waals surface area contributed by atoms with Gasteiger partial charge in [-0.3, -0.25) is 9.59 Å². The van der Waals surface area contributed by atoms with Crippen molar-refractivity contribution in [3.8, 4) is 0 Å². The van der Waals surface area contributed by atoms with Crippen molar-refractivity contribution in [1.82, 2.24) is 4.90 Å². The van der Waals surface area contributed by atoms with Crippen molar-refractivity contribution in [3.63, 3.8) is 0 Å². The molecule has 4 nitrogen and oxygen atoms in total. The molecule has 0 radical (unpaired) electrons. The Balaban J connectivity index is 2.73. The van der Waals surface area contributed by atoms with E-state index in [1.807, 2.05) is 6.92 Å². The monoisotopic (exact) mass is 255 g/mol. The van der Waals surface area contributed by atoms with Crippen LogP contribution in [0.2, 0.25) is 0 Å². The third-order valence-corrected chi connectivity index (χ3v) is 3.52. The molecular formula is C14H25NO3.